The number of benzene rings is 1. The quantitative estimate of drug-likeness (QED) is 0.866. The SMILES string of the molecule is C[C@@H]1CN(C(=O)c2cnc(Cc3ccc(F)cc3)s2)C[C@H](C)O1. The van der Waals surface area contributed by atoms with E-state index in [-0.39, 0.29) is 23.9 Å². The minimum Gasteiger partial charge on any atom is -0.372 e. The number of halogens is 1. The van der Waals surface area contributed by atoms with Gasteiger partial charge in [0.15, 0.2) is 0 Å². The van der Waals surface area contributed by atoms with Crippen molar-refractivity contribution in [2.45, 2.75) is 32.5 Å². The van der Waals surface area contributed by atoms with Crippen LogP contribution in [0, 0.1) is 5.82 Å². The molecule has 1 aromatic carbocycles. The van der Waals surface area contributed by atoms with Crippen LogP contribution in [0.2, 0.25) is 0 Å². The number of amides is 1. The topological polar surface area (TPSA) is 42.4 Å². The highest BCUT2D eigenvalue weighted by Crippen LogP contribution is 2.21. The Morgan fingerprint density at radius 3 is 2.61 bits per heavy atom. The number of rotatable bonds is 3. The number of thiazole rings is 1. The Labute approximate surface area is 138 Å². The Hall–Kier alpha value is -1.79. The first-order chi connectivity index (χ1) is 11.0. The van der Waals surface area contributed by atoms with Crippen LogP contribution >= 0.6 is 11.3 Å². The van der Waals surface area contributed by atoms with E-state index >= 15 is 0 Å². The summed E-state index contributed by atoms with van der Waals surface area (Å²) in [6.07, 6.45) is 2.34. The van der Waals surface area contributed by atoms with E-state index < -0.39 is 0 Å². The molecule has 0 N–H and O–H groups in total. The van der Waals surface area contributed by atoms with Crippen molar-refractivity contribution in [2.75, 3.05) is 13.1 Å². The van der Waals surface area contributed by atoms with Gasteiger partial charge in [-0.25, -0.2) is 9.37 Å². The maximum Gasteiger partial charge on any atom is 0.265 e. The van der Waals surface area contributed by atoms with Gasteiger partial charge in [-0.05, 0) is 31.5 Å². The van der Waals surface area contributed by atoms with Crippen LogP contribution in [0.25, 0.3) is 0 Å². The molecular weight excluding hydrogens is 315 g/mol. The summed E-state index contributed by atoms with van der Waals surface area (Å²) in [6.45, 7) is 5.16. The zero-order valence-corrected chi connectivity index (χ0v) is 14.0. The molecule has 0 bridgehead atoms. The summed E-state index contributed by atoms with van der Waals surface area (Å²) >= 11 is 1.40. The summed E-state index contributed by atoms with van der Waals surface area (Å²) in [4.78, 5) is 19.4. The number of hydrogen-bond acceptors (Lipinski definition) is 4. The molecule has 0 saturated carbocycles. The Morgan fingerprint density at radius 1 is 1.30 bits per heavy atom. The van der Waals surface area contributed by atoms with E-state index in [2.05, 4.69) is 4.98 Å². The van der Waals surface area contributed by atoms with Crippen molar-refractivity contribution in [1.29, 1.82) is 0 Å². The summed E-state index contributed by atoms with van der Waals surface area (Å²) in [6, 6.07) is 6.35. The molecule has 122 valence electrons. The van der Waals surface area contributed by atoms with Gasteiger partial charge in [-0.15, -0.1) is 11.3 Å². The Balaban J connectivity index is 1.68. The molecule has 2 aromatic rings. The smallest absolute Gasteiger partial charge is 0.265 e. The van der Waals surface area contributed by atoms with Crippen LogP contribution in [0.3, 0.4) is 0 Å². The maximum atomic E-state index is 12.9. The molecule has 3 rings (SSSR count). The third kappa shape index (κ3) is 3.95. The number of carbonyl (C=O) groups is 1. The van der Waals surface area contributed by atoms with E-state index in [9.17, 15) is 9.18 Å². The van der Waals surface area contributed by atoms with E-state index in [1.165, 1.54) is 23.5 Å². The molecule has 1 saturated heterocycles. The molecule has 1 aliphatic heterocycles. The summed E-state index contributed by atoms with van der Waals surface area (Å²) in [5, 5.41) is 0.856. The van der Waals surface area contributed by atoms with Crippen molar-refractivity contribution in [3.05, 3.63) is 51.7 Å². The molecule has 6 heteroatoms. The highest BCUT2D eigenvalue weighted by atomic mass is 32.1. The van der Waals surface area contributed by atoms with Gasteiger partial charge in [-0.3, -0.25) is 4.79 Å². The molecule has 2 heterocycles. The number of morpholine rings is 1. The molecule has 1 amide bonds. The Kier molecular flexibility index (Phi) is 4.73. The van der Waals surface area contributed by atoms with Gasteiger partial charge in [-0.1, -0.05) is 12.1 Å². The molecule has 0 spiro atoms. The number of nitrogens with zero attached hydrogens (tertiary/aromatic N) is 2. The second kappa shape index (κ2) is 6.76. The average Bonchev–Trinajstić information content (AvgIpc) is 2.96. The zero-order valence-electron chi connectivity index (χ0n) is 13.2. The minimum atomic E-state index is -0.251. The predicted octanol–water partition coefficient (Wildman–Crippen LogP) is 3.12. The first-order valence-corrected chi connectivity index (χ1v) is 8.47. The number of carbonyl (C=O) groups excluding carboxylic acids is 1. The lowest BCUT2D eigenvalue weighted by molar-refractivity contribution is -0.0585. The standard InChI is InChI=1S/C17H19FN2O2S/c1-11-9-20(10-12(2)22-11)17(21)15-8-19-16(23-15)7-13-3-5-14(18)6-4-13/h3-6,8,11-12H,7,9-10H2,1-2H3/t11-,12+. The normalized spacial score (nSPS) is 21.4. The van der Waals surface area contributed by atoms with Crippen LogP contribution in [0.15, 0.2) is 30.5 Å². The minimum absolute atomic E-state index is 0.00913. The molecule has 0 aliphatic carbocycles. The molecule has 1 aliphatic rings. The highest BCUT2D eigenvalue weighted by molar-refractivity contribution is 7.13. The van der Waals surface area contributed by atoms with E-state index in [4.69, 9.17) is 4.74 Å². The lowest BCUT2D eigenvalue weighted by Gasteiger charge is -2.35. The first-order valence-electron chi connectivity index (χ1n) is 7.65. The summed E-state index contributed by atoms with van der Waals surface area (Å²) in [7, 11) is 0. The molecule has 2 atom stereocenters. The number of aromatic nitrogens is 1. The van der Waals surface area contributed by atoms with E-state index in [0.717, 1.165) is 10.6 Å². The van der Waals surface area contributed by atoms with E-state index in [0.29, 0.717) is 24.4 Å². The summed E-state index contributed by atoms with van der Waals surface area (Å²) in [5.74, 6) is -0.242. The van der Waals surface area contributed by atoms with E-state index in [1.807, 2.05) is 18.7 Å². The van der Waals surface area contributed by atoms with Gasteiger partial charge in [-0.2, -0.15) is 0 Å². The van der Waals surface area contributed by atoms with Crippen molar-refractivity contribution in [2.24, 2.45) is 0 Å². The molecule has 4 nitrogen and oxygen atoms in total. The maximum absolute atomic E-state index is 12.9. The third-order valence-corrected chi connectivity index (χ3v) is 4.73. The largest absolute Gasteiger partial charge is 0.372 e. The third-order valence-electron chi connectivity index (χ3n) is 3.74. The van der Waals surface area contributed by atoms with Gasteiger partial charge in [0.05, 0.1) is 23.4 Å². The van der Waals surface area contributed by atoms with Crippen LogP contribution in [0.4, 0.5) is 4.39 Å². The van der Waals surface area contributed by atoms with Crippen LogP contribution in [0.1, 0.15) is 34.1 Å². The van der Waals surface area contributed by atoms with Crippen molar-refractivity contribution < 1.29 is 13.9 Å². The fraction of sp³-hybridized carbons (Fsp3) is 0.412. The zero-order chi connectivity index (χ0) is 16.4. The fourth-order valence-electron chi connectivity index (χ4n) is 2.77. The Morgan fingerprint density at radius 2 is 1.96 bits per heavy atom. The lowest BCUT2D eigenvalue weighted by Crippen LogP contribution is -2.48. The van der Waals surface area contributed by atoms with Crippen LogP contribution in [-0.2, 0) is 11.2 Å². The fourth-order valence-corrected chi connectivity index (χ4v) is 3.69. The van der Waals surface area contributed by atoms with Crippen LogP contribution < -0.4 is 0 Å². The van der Waals surface area contributed by atoms with Crippen molar-refractivity contribution in [1.82, 2.24) is 9.88 Å². The van der Waals surface area contributed by atoms with Crippen LogP contribution in [-0.4, -0.2) is 41.1 Å². The molecule has 23 heavy (non-hydrogen) atoms. The monoisotopic (exact) mass is 334 g/mol. The van der Waals surface area contributed by atoms with Crippen molar-refractivity contribution >= 4 is 17.2 Å². The Bertz CT molecular complexity index is 676. The average molecular weight is 334 g/mol. The summed E-state index contributed by atoms with van der Waals surface area (Å²) < 4.78 is 18.6. The van der Waals surface area contributed by atoms with Crippen LogP contribution in [0.5, 0.6) is 0 Å². The molecule has 1 fully saturated rings. The van der Waals surface area contributed by atoms with Crippen molar-refractivity contribution in [3.8, 4) is 0 Å². The highest BCUT2D eigenvalue weighted by Gasteiger charge is 2.27. The van der Waals surface area contributed by atoms with Gasteiger partial charge in [0.25, 0.3) is 5.91 Å². The van der Waals surface area contributed by atoms with Gasteiger partial charge < -0.3 is 9.64 Å². The molecule has 0 radical (unpaired) electrons. The lowest BCUT2D eigenvalue weighted by atomic mass is 10.2. The number of ether oxygens (including phenoxy) is 1. The molecule has 1 aromatic heterocycles. The molecular formula is C17H19FN2O2S. The second-order valence-corrected chi connectivity index (χ2v) is 7.00. The second-order valence-electron chi connectivity index (χ2n) is 5.89. The first kappa shape index (κ1) is 16.1. The predicted molar refractivity (Wildman–Crippen MR) is 87.2 cm³/mol. The number of hydrogen-bond donors (Lipinski definition) is 0. The molecule has 0 unspecified atom stereocenters. The van der Waals surface area contributed by atoms with Gasteiger partial charge >= 0.3 is 0 Å². The summed E-state index contributed by atoms with van der Waals surface area (Å²) in [5.41, 5.74) is 0.980. The van der Waals surface area contributed by atoms with Gasteiger partial charge in [0.2, 0.25) is 0 Å². The van der Waals surface area contributed by atoms with Crippen molar-refractivity contribution in [3.63, 3.8) is 0 Å². The van der Waals surface area contributed by atoms with E-state index in [1.54, 1.807) is 18.3 Å². The van der Waals surface area contributed by atoms with Gasteiger partial charge in [0.1, 0.15) is 10.7 Å². The van der Waals surface area contributed by atoms with Gasteiger partial charge in [0, 0.05) is 19.5 Å².